The molecule has 0 atom stereocenters. The van der Waals surface area contributed by atoms with Crippen LogP contribution in [0.4, 0.5) is 10.5 Å². The summed E-state index contributed by atoms with van der Waals surface area (Å²) in [5, 5.41) is 2.16. The smallest absolute Gasteiger partial charge is 0.410 e. The van der Waals surface area contributed by atoms with E-state index in [9.17, 15) is 4.79 Å². The second-order valence-electron chi connectivity index (χ2n) is 8.62. The van der Waals surface area contributed by atoms with Gasteiger partial charge >= 0.3 is 6.09 Å². The van der Waals surface area contributed by atoms with Gasteiger partial charge in [-0.05, 0) is 63.4 Å². The highest BCUT2D eigenvalue weighted by Gasteiger charge is 2.19. The van der Waals surface area contributed by atoms with Gasteiger partial charge in [-0.2, -0.15) is 0 Å². The molecule has 0 bridgehead atoms. The molecule has 0 aliphatic rings. The van der Waals surface area contributed by atoms with Crippen molar-refractivity contribution in [2.75, 3.05) is 13.6 Å². The van der Waals surface area contributed by atoms with Crippen molar-refractivity contribution in [2.24, 2.45) is 4.99 Å². The Kier molecular flexibility index (Phi) is 8.32. The summed E-state index contributed by atoms with van der Waals surface area (Å²) in [7, 11) is 1.79. The molecule has 0 aliphatic heterocycles. The first-order chi connectivity index (χ1) is 15.2. The van der Waals surface area contributed by atoms with Crippen LogP contribution in [0.3, 0.4) is 0 Å². The molecule has 5 nitrogen and oxygen atoms in total. The third-order valence-electron chi connectivity index (χ3n) is 4.75. The highest BCUT2D eigenvalue weighted by molar-refractivity contribution is 9.10. The van der Waals surface area contributed by atoms with Crippen LogP contribution in [0.15, 0.2) is 69.4 Å². The molecule has 0 unspecified atom stereocenters. The fourth-order valence-electron chi connectivity index (χ4n) is 3.15. The summed E-state index contributed by atoms with van der Waals surface area (Å²) in [6, 6.07) is 18.4. The van der Waals surface area contributed by atoms with Crippen LogP contribution in [-0.2, 0) is 11.3 Å². The number of para-hydroxylation sites is 1. The molecule has 3 rings (SSSR count). The Labute approximate surface area is 202 Å². The van der Waals surface area contributed by atoms with E-state index in [2.05, 4.69) is 50.1 Å². The summed E-state index contributed by atoms with van der Waals surface area (Å²) >= 11 is 5.16. The van der Waals surface area contributed by atoms with Gasteiger partial charge in [-0.25, -0.2) is 9.79 Å². The van der Waals surface area contributed by atoms with Crippen molar-refractivity contribution in [1.29, 1.82) is 0 Å². The molecular formula is C25H30BrN3O2S. The second kappa shape index (κ2) is 11.0. The number of ether oxygens (including phenoxy) is 1. The highest BCUT2D eigenvalue weighted by atomic mass is 79.9. The predicted octanol–water partition coefficient (Wildman–Crippen LogP) is 6.86. The minimum absolute atomic E-state index is 0.281. The molecule has 0 spiro atoms. The molecule has 0 fully saturated rings. The highest BCUT2D eigenvalue weighted by Crippen LogP contribution is 2.23. The van der Waals surface area contributed by atoms with Crippen LogP contribution >= 0.6 is 27.3 Å². The maximum atomic E-state index is 12.2. The lowest BCUT2D eigenvalue weighted by Crippen LogP contribution is -2.34. The quantitative estimate of drug-likeness (QED) is 0.322. The van der Waals surface area contributed by atoms with Crippen LogP contribution in [0.5, 0.6) is 0 Å². The average molecular weight is 517 g/mol. The first-order valence-electron chi connectivity index (χ1n) is 10.7. The minimum Gasteiger partial charge on any atom is -0.444 e. The fourth-order valence-corrected chi connectivity index (χ4v) is 4.37. The number of carbonyl (C=O) groups excluding carboxylic acids is 1. The van der Waals surface area contributed by atoms with Gasteiger partial charge in [0.1, 0.15) is 5.60 Å². The van der Waals surface area contributed by atoms with Crippen LogP contribution < -0.4 is 4.80 Å². The van der Waals surface area contributed by atoms with Crippen LogP contribution in [0.1, 0.15) is 33.6 Å². The van der Waals surface area contributed by atoms with Crippen molar-refractivity contribution in [1.82, 2.24) is 9.47 Å². The van der Waals surface area contributed by atoms with E-state index in [4.69, 9.17) is 9.73 Å². The number of aromatic nitrogens is 1. The normalized spacial score (nSPS) is 12.1. The third-order valence-corrected chi connectivity index (χ3v) is 6.14. The fraction of sp³-hybridized carbons (Fsp3) is 0.360. The molecule has 0 aliphatic carbocycles. The van der Waals surface area contributed by atoms with Crippen molar-refractivity contribution in [3.8, 4) is 11.3 Å². The molecular weight excluding hydrogens is 486 g/mol. The van der Waals surface area contributed by atoms with Crippen molar-refractivity contribution in [2.45, 2.75) is 45.8 Å². The topological polar surface area (TPSA) is 46.8 Å². The van der Waals surface area contributed by atoms with Crippen molar-refractivity contribution in [3.63, 3.8) is 0 Å². The van der Waals surface area contributed by atoms with Gasteiger partial charge in [-0.15, -0.1) is 11.3 Å². The van der Waals surface area contributed by atoms with Crippen LogP contribution in [0.2, 0.25) is 0 Å². The summed E-state index contributed by atoms with van der Waals surface area (Å²) in [6.45, 7) is 7.12. The molecule has 32 heavy (non-hydrogen) atoms. The molecule has 7 heteroatoms. The zero-order valence-electron chi connectivity index (χ0n) is 19.0. The zero-order valence-corrected chi connectivity index (χ0v) is 21.4. The first-order valence-corrected chi connectivity index (χ1v) is 12.4. The zero-order chi connectivity index (χ0) is 23.1. The number of unbranched alkanes of at least 4 members (excludes halogenated alkanes) is 1. The van der Waals surface area contributed by atoms with E-state index in [1.54, 1.807) is 23.3 Å². The molecule has 3 aromatic rings. The van der Waals surface area contributed by atoms with E-state index in [-0.39, 0.29) is 6.09 Å². The van der Waals surface area contributed by atoms with Crippen molar-refractivity contribution in [3.05, 3.63) is 69.3 Å². The SMILES string of the molecule is CN(CCCCn1c(-c2ccc(Br)cc2)cs/c1=N/c1ccccc1)C(=O)OC(C)(C)C. The number of benzene rings is 2. The van der Waals surface area contributed by atoms with E-state index in [1.807, 2.05) is 51.1 Å². The van der Waals surface area contributed by atoms with Crippen molar-refractivity contribution >= 4 is 39.0 Å². The summed E-state index contributed by atoms with van der Waals surface area (Å²) in [6.07, 6.45) is 1.52. The number of hydrogen-bond donors (Lipinski definition) is 0. The van der Waals surface area contributed by atoms with Gasteiger partial charge < -0.3 is 14.2 Å². The Morgan fingerprint density at radius 3 is 2.44 bits per heavy atom. The second-order valence-corrected chi connectivity index (χ2v) is 10.4. The largest absolute Gasteiger partial charge is 0.444 e. The van der Waals surface area contributed by atoms with E-state index < -0.39 is 5.60 Å². The van der Waals surface area contributed by atoms with E-state index in [1.165, 1.54) is 0 Å². The molecule has 170 valence electrons. The number of carbonyl (C=O) groups is 1. The van der Waals surface area contributed by atoms with Gasteiger partial charge in [-0.1, -0.05) is 46.3 Å². The molecule has 1 aromatic heterocycles. The first kappa shape index (κ1) is 24.3. The van der Waals surface area contributed by atoms with E-state index in [0.717, 1.165) is 45.6 Å². The minimum atomic E-state index is -0.481. The Balaban J connectivity index is 1.75. The average Bonchev–Trinajstić information content (AvgIpc) is 3.13. The molecule has 0 saturated carbocycles. The summed E-state index contributed by atoms with van der Waals surface area (Å²) < 4.78 is 8.77. The molecule has 0 N–H and O–H groups in total. The van der Waals surface area contributed by atoms with E-state index >= 15 is 0 Å². The lowest BCUT2D eigenvalue weighted by Gasteiger charge is -2.24. The third kappa shape index (κ3) is 7.07. The molecule has 0 radical (unpaired) electrons. The molecule has 2 aromatic carbocycles. The van der Waals surface area contributed by atoms with Gasteiger partial charge in [0.05, 0.1) is 11.4 Å². The van der Waals surface area contributed by atoms with Gasteiger partial charge in [0.2, 0.25) is 0 Å². The molecule has 1 heterocycles. The maximum absolute atomic E-state index is 12.2. The standard InChI is InChI=1S/C25H30BrN3O2S/c1-25(2,3)31-24(30)28(4)16-8-9-17-29-22(19-12-14-20(26)15-13-19)18-32-23(29)27-21-10-6-5-7-11-21/h5-7,10-15,18H,8-9,16-17H2,1-4H3/b27-23+. The number of thiazole rings is 1. The van der Waals surface area contributed by atoms with Crippen LogP contribution in [-0.4, -0.2) is 34.8 Å². The summed E-state index contributed by atoms with van der Waals surface area (Å²) in [4.78, 5) is 19.7. The predicted molar refractivity (Wildman–Crippen MR) is 135 cm³/mol. The van der Waals surface area contributed by atoms with Crippen molar-refractivity contribution < 1.29 is 9.53 Å². The van der Waals surface area contributed by atoms with Gasteiger partial charge in [-0.3, -0.25) is 0 Å². The van der Waals surface area contributed by atoms with Crippen LogP contribution in [0, 0.1) is 0 Å². The lowest BCUT2D eigenvalue weighted by molar-refractivity contribution is 0.0296. The van der Waals surface area contributed by atoms with Gasteiger partial charge in [0.15, 0.2) is 4.80 Å². The van der Waals surface area contributed by atoms with E-state index in [0.29, 0.717) is 6.54 Å². The number of hydrogen-bond acceptors (Lipinski definition) is 4. The number of rotatable bonds is 7. The summed E-state index contributed by atoms with van der Waals surface area (Å²) in [5.74, 6) is 0. The lowest BCUT2D eigenvalue weighted by atomic mass is 10.1. The van der Waals surface area contributed by atoms with Crippen LogP contribution in [0.25, 0.3) is 11.3 Å². The number of halogens is 1. The summed E-state index contributed by atoms with van der Waals surface area (Å²) in [5.41, 5.74) is 2.77. The Morgan fingerprint density at radius 2 is 1.78 bits per heavy atom. The molecule has 1 amide bonds. The molecule has 0 saturated heterocycles. The number of nitrogens with zero attached hydrogens (tertiary/aromatic N) is 3. The number of amides is 1. The Hall–Kier alpha value is -2.38. The Morgan fingerprint density at radius 1 is 1.09 bits per heavy atom. The Bertz CT molecular complexity index is 1080. The van der Waals surface area contributed by atoms with Gasteiger partial charge in [0.25, 0.3) is 0 Å². The maximum Gasteiger partial charge on any atom is 0.410 e. The van der Waals surface area contributed by atoms with Gasteiger partial charge in [0, 0.05) is 30.0 Å². The monoisotopic (exact) mass is 515 g/mol.